The van der Waals surface area contributed by atoms with Crippen molar-refractivity contribution in [2.75, 3.05) is 39.3 Å². The summed E-state index contributed by atoms with van der Waals surface area (Å²) in [6, 6.07) is 0.350. The van der Waals surface area contributed by atoms with Crippen molar-refractivity contribution in [2.45, 2.75) is 32.5 Å². The molecule has 0 radical (unpaired) electrons. The zero-order chi connectivity index (χ0) is 19.8. The van der Waals surface area contributed by atoms with Crippen LogP contribution in [0, 0.1) is 0 Å². The summed E-state index contributed by atoms with van der Waals surface area (Å²) in [7, 11) is 4.95. The molecule has 1 amide bonds. The number of ether oxygens (including phenoxy) is 2. The highest BCUT2D eigenvalue weighted by molar-refractivity contribution is 6.34. The topological polar surface area (TPSA) is 85.6 Å². The van der Waals surface area contributed by atoms with Crippen LogP contribution in [-0.4, -0.2) is 64.9 Å². The molecule has 2 aliphatic heterocycles. The van der Waals surface area contributed by atoms with E-state index < -0.39 is 0 Å². The Hall–Kier alpha value is -2.39. The molecule has 0 saturated carbocycles. The number of methoxy groups -OCH3 is 1. The van der Waals surface area contributed by atoms with Gasteiger partial charge in [-0.2, -0.15) is 15.1 Å². The molecule has 9 nitrogen and oxygen atoms in total. The number of anilines is 1. The predicted octanol–water partition coefficient (Wildman–Crippen LogP) is 1.52. The quantitative estimate of drug-likeness (QED) is 0.763. The number of aryl methyl sites for hydroxylation is 1. The monoisotopic (exact) mass is 406 g/mol. The summed E-state index contributed by atoms with van der Waals surface area (Å²) in [6.07, 6.45) is 1.58. The van der Waals surface area contributed by atoms with Gasteiger partial charge in [0.2, 0.25) is 0 Å². The molecular weight excluding hydrogens is 384 g/mol. The minimum atomic E-state index is -0.202. The number of halogens is 1. The summed E-state index contributed by atoms with van der Waals surface area (Å²) < 4.78 is 12.8. The number of aromatic nitrogens is 4. The van der Waals surface area contributed by atoms with Crippen molar-refractivity contribution in [1.29, 1.82) is 0 Å². The van der Waals surface area contributed by atoms with E-state index in [-0.39, 0.29) is 11.6 Å². The molecule has 0 spiro atoms. The Kier molecular flexibility index (Phi) is 5.11. The highest BCUT2D eigenvalue weighted by Crippen LogP contribution is 2.32. The maximum absolute atomic E-state index is 12.4. The molecule has 0 aromatic carbocycles. The normalized spacial score (nSPS) is 16.2. The minimum Gasteiger partial charge on any atom is -0.467 e. The van der Waals surface area contributed by atoms with E-state index >= 15 is 0 Å². The Bertz CT molecular complexity index is 913. The van der Waals surface area contributed by atoms with Crippen LogP contribution in [0.15, 0.2) is 0 Å². The van der Waals surface area contributed by atoms with Gasteiger partial charge in [0.1, 0.15) is 5.82 Å². The second-order valence-corrected chi connectivity index (χ2v) is 7.45. The minimum absolute atomic E-state index is 0.202. The molecule has 4 rings (SSSR count). The number of hydrogen-bond donors (Lipinski definition) is 0. The van der Waals surface area contributed by atoms with E-state index in [1.54, 1.807) is 21.2 Å². The summed E-state index contributed by atoms with van der Waals surface area (Å²) >= 11 is 6.57. The number of carbonyl (C=O) groups excluding carboxylic acids is 1. The molecule has 2 aromatic heterocycles. The molecule has 2 aliphatic rings. The van der Waals surface area contributed by atoms with Crippen molar-refractivity contribution in [2.24, 2.45) is 0 Å². The van der Waals surface area contributed by atoms with Crippen molar-refractivity contribution < 1.29 is 14.3 Å². The van der Waals surface area contributed by atoms with Gasteiger partial charge in [-0.05, 0) is 6.42 Å². The average Bonchev–Trinajstić information content (AvgIpc) is 2.88. The summed E-state index contributed by atoms with van der Waals surface area (Å²) in [5, 5.41) is 4.87. The van der Waals surface area contributed by atoms with Crippen molar-refractivity contribution >= 4 is 23.3 Å². The van der Waals surface area contributed by atoms with Crippen LogP contribution in [0.3, 0.4) is 0 Å². The Morgan fingerprint density at radius 2 is 2.11 bits per heavy atom. The van der Waals surface area contributed by atoms with Crippen LogP contribution in [0.25, 0.3) is 0 Å². The molecule has 0 saturated heterocycles. The molecule has 0 unspecified atom stereocenters. The SMILES string of the molecule is COc1nc2c(c(N3CCCn4nc(C(=O)N(C)C)c(Cl)c4C3)n1)COCC2. The van der Waals surface area contributed by atoms with Gasteiger partial charge in [0.05, 0.1) is 43.3 Å². The number of rotatable bonds is 3. The molecule has 0 atom stereocenters. The molecule has 2 aromatic rings. The maximum Gasteiger partial charge on any atom is 0.318 e. The van der Waals surface area contributed by atoms with E-state index in [4.69, 9.17) is 21.1 Å². The van der Waals surface area contributed by atoms with Crippen molar-refractivity contribution in [3.05, 3.63) is 27.7 Å². The van der Waals surface area contributed by atoms with E-state index in [9.17, 15) is 4.79 Å². The van der Waals surface area contributed by atoms with Gasteiger partial charge in [0, 0.05) is 39.2 Å². The third-order valence-electron chi connectivity index (χ3n) is 5.00. The molecule has 28 heavy (non-hydrogen) atoms. The summed E-state index contributed by atoms with van der Waals surface area (Å²) in [5.74, 6) is 0.597. The first-order valence-electron chi connectivity index (χ1n) is 9.23. The van der Waals surface area contributed by atoms with E-state index in [2.05, 4.69) is 20.0 Å². The zero-order valence-electron chi connectivity index (χ0n) is 16.2. The van der Waals surface area contributed by atoms with Gasteiger partial charge in [-0.1, -0.05) is 11.6 Å². The largest absolute Gasteiger partial charge is 0.467 e. The van der Waals surface area contributed by atoms with Gasteiger partial charge >= 0.3 is 6.01 Å². The third kappa shape index (κ3) is 3.29. The zero-order valence-corrected chi connectivity index (χ0v) is 17.0. The first kappa shape index (κ1) is 18.9. The van der Waals surface area contributed by atoms with Crippen LogP contribution in [0.1, 0.15) is 33.9 Å². The lowest BCUT2D eigenvalue weighted by Gasteiger charge is -2.27. The Labute approximate surface area is 168 Å². The standard InChI is InChI=1S/C18H23ClN6O3/c1-23(2)17(26)15-14(19)13-9-24(6-4-7-25(13)22-15)16-11-10-28-8-5-12(11)20-18(21-16)27-3/h4-10H2,1-3H3. The van der Waals surface area contributed by atoms with E-state index in [1.165, 1.54) is 4.90 Å². The molecule has 0 bridgehead atoms. The first-order chi connectivity index (χ1) is 13.5. The lowest BCUT2D eigenvalue weighted by Crippen LogP contribution is -2.28. The van der Waals surface area contributed by atoms with Crippen LogP contribution in [0.2, 0.25) is 5.02 Å². The maximum atomic E-state index is 12.4. The van der Waals surface area contributed by atoms with Gasteiger partial charge in [-0.25, -0.2) is 0 Å². The Morgan fingerprint density at radius 3 is 2.86 bits per heavy atom. The predicted molar refractivity (Wildman–Crippen MR) is 103 cm³/mol. The van der Waals surface area contributed by atoms with E-state index in [0.29, 0.717) is 37.3 Å². The number of nitrogens with zero attached hydrogens (tertiary/aromatic N) is 6. The van der Waals surface area contributed by atoms with Gasteiger partial charge in [-0.15, -0.1) is 0 Å². The van der Waals surface area contributed by atoms with Crippen LogP contribution in [0.5, 0.6) is 6.01 Å². The van der Waals surface area contributed by atoms with Crippen LogP contribution >= 0.6 is 11.6 Å². The summed E-state index contributed by atoms with van der Waals surface area (Å²) in [6.45, 7) is 3.08. The average molecular weight is 407 g/mol. The first-order valence-corrected chi connectivity index (χ1v) is 9.60. The Balaban J connectivity index is 1.73. The number of hydrogen-bond acceptors (Lipinski definition) is 7. The van der Waals surface area contributed by atoms with E-state index in [1.807, 2.05) is 4.68 Å². The lowest BCUT2D eigenvalue weighted by molar-refractivity contribution is 0.0821. The van der Waals surface area contributed by atoms with Crippen LogP contribution < -0.4 is 9.64 Å². The van der Waals surface area contributed by atoms with E-state index in [0.717, 1.165) is 42.2 Å². The second-order valence-electron chi connectivity index (χ2n) is 7.07. The summed E-state index contributed by atoms with van der Waals surface area (Å²) in [5.41, 5.74) is 3.04. The fourth-order valence-electron chi connectivity index (χ4n) is 3.56. The fraction of sp³-hybridized carbons (Fsp3) is 0.556. The number of carbonyl (C=O) groups is 1. The number of fused-ring (bicyclic) bond motifs is 2. The third-order valence-corrected chi connectivity index (χ3v) is 5.40. The molecule has 0 N–H and O–H groups in total. The highest BCUT2D eigenvalue weighted by atomic mass is 35.5. The molecule has 4 heterocycles. The Morgan fingerprint density at radius 1 is 1.29 bits per heavy atom. The van der Waals surface area contributed by atoms with Crippen molar-refractivity contribution in [3.8, 4) is 6.01 Å². The number of amides is 1. The van der Waals surface area contributed by atoms with Crippen LogP contribution in [-0.2, 0) is 30.9 Å². The molecule has 10 heteroatoms. The van der Waals surface area contributed by atoms with Gasteiger partial charge in [0.15, 0.2) is 5.69 Å². The van der Waals surface area contributed by atoms with Crippen LogP contribution in [0.4, 0.5) is 5.82 Å². The van der Waals surface area contributed by atoms with Crippen molar-refractivity contribution in [1.82, 2.24) is 24.6 Å². The molecule has 150 valence electrons. The van der Waals surface area contributed by atoms with Crippen molar-refractivity contribution in [3.63, 3.8) is 0 Å². The molecule has 0 aliphatic carbocycles. The van der Waals surface area contributed by atoms with Gasteiger partial charge in [-0.3, -0.25) is 9.48 Å². The highest BCUT2D eigenvalue weighted by Gasteiger charge is 2.29. The fourth-order valence-corrected chi connectivity index (χ4v) is 3.83. The second kappa shape index (κ2) is 7.56. The van der Waals surface area contributed by atoms with Gasteiger partial charge < -0.3 is 19.3 Å². The lowest BCUT2D eigenvalue weighted by atomic mass is 10.1. The molecule has 0 fully saturated rings. The van der Waals surface area contributed by atoms with Gasteiger partial charge in [0.25, 0.3) is 5.91 Å². The smallest absolute Gasteiger partial charge is 0.318 e. The summed E-state index contributed by atoms with van der Waals surface area (Å²) in [4.78, 5) is 25.1. The molecular formula is C18H23ClN6O3.